The van der Waals surface area contributed by atoms with Crippen LogP contribution in [0.2, 0.25) is 0 Å². The number of hydrogen-bond acceptors (Lipinski definition) is 5. The molecule has 1 heterocycles. The van der Waals surface area contributed by atoms with Crippen LogP contribution in [0, 0.1) is 0 Å². The van der Waals surface area contributed by atoms with E-state index in [1.807, 2.05) is 28.9 Å². The predicted octanol–water partition coefficient (Wildman–Crippen LogP) is 5.09. The highest BCUT2D eigenvalue weighted by atomic mass is 16.5. The molecular weight excluding hydrogens is 426 g/mol. The molecule has 1 N–H and O–H groups in total. The molecule has 6 heteroatoms. The highest BCUT2D eigenvalue weighted by Gasteiger charge is 2.38. The Labute approximate surface area is 199 Å². The largest absolute Gasteiger partial charge is 0.497 e. The average molecular weight is 456 g/mol. The highest BCUT2D eigenvalue weighted by Crippen LogP contribution is 2.45. The molecule has 3 aromatic rings. The molecule has 0 spiro atoms. The van der Waals surface area contributed by atoms with Crippen LogP contribution >= 0.6 is 0 Å². The Hall–Kier alpha value is -3.80. The van der Waals surface area contributed by atoms with Gasteiger partial charge in [-0.15, -0.1) is 0 Å². The van der Waals surface area contributed by atoms with Gasteiger partial charge < -0.3 is 14.8 Å². The number of methoxy groups -OCH3 is 2. The molecule has 174 valence electrons. The first-order chi connectivity index (χ1) is 16.7. The molecule has 0 radical (unpaired) electrons. The zero-order valence-corrected chi connectivity index (χ0v) is 19.5. The number of aromatic nitrogens is 2. The first kappa shape index (κ1) is 22.0. The van der Waals surface area contributed by atoms with Crippen molar-refractivity contribution in [2.75, 3.05) is 19.5 Å². The van der Waals surface area contributed by atoms with Crippen LogP contribution in [0.4, 0.5) is 5.82 Å². The number of allylic oxidation sites excluding steroid dienone is 2. The summed E-state index contributed by atoms with van der Waals surface area (Å²) in [5, 5.41) is 8.43. The Morgan fingerprint density at radius 3 is 2.29 bits per heavy atom. The molecule has 6 nitrogen and oxygen atoms in total. The lowest BCUT2D eigenvalue weighted by Gasteiger charge is -2.35. The van der Waals surface area contributed by atoms with Crippen LogP contribution in [-0.2, 0) is 16.6 Å². The summed E-state index contributed by atoms with van der Waals surface area (Å²) in [4.78, 5) is 11.1. The number of hydrogen-bond donors (Lipinski definition) is 1. The second-order valence-electron chi connectivity index (χ2n) is 8.85. The van der Waals surface area contributed by atoms with Crippen LogP contribution in [0.25, 0.3) is 12.3 Å². The van der Waals surface area contributed by atoms with Crippen molar-refractivity contribution >= 4 is 24.4 Å². The van der Waals surface area contributed by atoms with Crippen LogP contribution in [-0.4, -0.2) is 36.3 Å². The number of carbonyl (C=O) groups excluding carboxylic acids is 1. The van der Waals surface area contributed by atoms with E-state index in [0.717, 1.165) is 58.8 Å². The fourth-order valence-corrected chi connectivity index (χ4v) is 4.84. The Balaban J connectivity index is 1.67. The van der Waals surface area contributed by atoms with Gasteiger partial charge >= 0.3 is 0 Å². The second kappa shape index (κ2) is 9.21. The van der Waals surface area contributed by atoms with E-state index in [0.29, 0.717) is 12.5 Å². The normalized spacial score (nSPS) is 16.6. The maximum atomic E-state index is 11.1. The van der Waals surface area contributed by atoms with Crippen molar-refractivity contribution in [3.63, 3.8) is 0 Å². The van der Waals surface area contributed by atoms with Crippen molar-refractivity contribution in [3.8, 4) is 11.5 Å². The lowest BCUT2D eigenvalue weighted by Crippen LogP contribution is -2.31. The minimum atomic E-state index is -0.462. The molecule has 2 aliphatic rings. The van der Waals surface area contributed by atoms with Crippen LogP contribution in [0.3, 0.4) is 0 Å². The smallest absolute Gasteiger partial charge is 0.156 e. The van der Waals surface area contributed by atoms with Crippen LogP contribution in [0.1, 0.15) is 41.6 Å². The second-order valence-corrected chi connectivity index (χ2v) is 8.85. The summed E-state index contributed by atoms with van der Waals surface area (Å²) in [5.41, 5.74) is 3.89. The van der Waals surface area contributed by atoms with Gasteiger partial charge in [0.15, 0.2) is 5.82 Å². The van der Waals surface area contributed by atoms with Gasteiger partial charge in [0.1, 0.15) is 17.8 Å². The van der Waals surface area contributed by atoms with E-state index in [4.69, 9.17) is 14.6 Å². The Morgan fingerprint density at radius 1 is 1.06 bits per heavy atom. The lowest BCUT2D eigenvalue weighted by atomic mass is 9.68. The maximum absolute atomic E-state index is 11.1. The topological polar surface area (TPSA) is 65.4 Å². The number of anilines is 1. The number of ether oxygens (including phenoxy) is 2. The summed E-state index contributed by atoms with van der Waals surface area (Å²) in [5.74, 6) is 2.48. The van der Waals surface area contributed by atoms with Crippen molar-refractivity contribution < 1.29 is 14.3 Å². The summed E-state index contributed by atoms with van der Waals surface area (Å²) in [6.07, 6.45) is 12.7. The summed E-state index contributed by atoms with van der Waals surface area (Å²) < 4.78 is 13.0. The van der Waals surface area contributed by atoms with Gasteiger partial charge in [0.2, 0.25) is 0 Å². The monoisotopic (exact) mass is 455 g/mol. The van der Waals surface area contributed by atoms with Gasteiger partial charge in [0.05, 0.1) is 19.9 Å². The summed E-state index contributed by atoms with van der Waals surface area (Å²) in [6, 6.07) is 16.9. The number of rotatable bonds is 8. The minimum absolute atomic E-state index is 0.458. The minimum Gasteiger partial charge on any atom is -0.497 e. The fraction of sp³-hybridized carbons (Fsp3) is 0.286. The molecule has 0 amide bonds. The predicted molar refractivity (Wildman–Crippen MR) is 134 cm³/mol. The lowest BCUT2D eigenvalue weighted by molar-refractivity contribution is -0.104. The number of carbonyl (C=O) groups is 1. The molecule has 5 rings (SSSR count). The Kier molecular flexibility index (Phi) is 5.97. The molecule has 2 aromatic carbocycles. The third kappa shape index (κ3) is 3.89. The van der Waals surface area contributed by atoms with Gasteiger partial charge in [0.25, 0.3) is 0 Å². The maximum Gasteiger partial charge on any atom is 0.156 e. The molecule has 1 saturated carbocycles. The van der Waals surface area contributed by atoms with Gasteiger partial charge in [-0.3, -0.25) is 4.79 Å². The molecule has 0 atom stereocenters. The molecule has 1 aromatic heterocycles. The molecule has 2 aliphatic carbocycles. The third-order valence-electron chi connectivity index (χ3n) is 6.95. The molecule has 34 heavy (non-hydrogen) atoms. The summed E-state index contributed by atoms with van der Waals surface area (Å²) in [7, 11) is 3.37. The number of benzene rings is 2. The Bertz CT molecular complexity index is 1210. The van der Waals surface area contributed by atoms with E-state index in [2.05, 4.69) is 41.7 Å². The van der Waals surface area contributed by atoms with Crippen molar-refractivity contribution in [1.82, 2.24) is 9.78 Å². The molecule has 1 fully saturated rings. The van der Waals surface area contributed by atoms with Gasteiger partial charge in [-0.2, -0.15) is 5.10 Å². The highest BCUT2D eigenvalue weighted by molar-refractivity contribution is 5.74. The van der Waals surface area contributed by atoms with E-state index < -0.39 is 5.41 Å². The van der Waals surface area contributed by atoms with Crippen molar-refractivity contribution in [2.45, 2.75) is 37.1 Å². The van der Waals surface area contributed by atoms with E-state index in [9.17, 15) is 4.79 Å². The molecular formula is C28H29N3O3. The van der Waals surface area contributed by atoms with Crippen LogP contribution < -0.4 is 14.8 Å². The summed E-state index contributed by atoms with van der Waals surface area (Å²) >= 11 is 0. The zero-order chi connectivity index (χ0) is 23.5. The van der Waals surface area contributed by atoms with E-state index in [1.165, 1.54) is 12.5 Å². The van der Waals surface area contributed by atoms with Crippen LogP contribution in [0.5, 0.6) is 11.5 Å². The Morgan fingerprint density at radius 2 is 1.74 bits per heavy atom. The van der Waals surface area contributed by atoms with Gasteiger partial charge in [0, 0.05) is 29.6 Å². The van der Waals surface area contributed by atoms with Crippen molar-refractivity contribution in [2.24, 2.45) is 0 Å². The molecule has 0 bridgehead atoms. The summed E-state index contributed by atoms with van der Waals surface area (Å²) in [6.45, 7) is 0. The first-order valence-electron chi connectivity index (χ1n) is 11.6. The van der Waals surface area contributed by atoms with Gasteiger partial charge in [-0.25, -0.2) is 4.68 Å². The van der Waals surface area contributed by atoms with Crippen molar-refractivity contribution in [3.05, 3.63) is 83.1 Å². The SMILES string of the molecule is COc1cccc(C2(c3cccc(OC)c3)C=Cc3c(NC4CCC4)nn(C=CC=O)c3C2)c1. The van der Waals surface area contributed by atoms with Crippen LogP contribution in [0.15, 0.2) is 60.7 Å². The first-order valence-corrected chi connectivity index (χ1v) is 11.6. The van der Waals surface area contributed by atoms with Gasteiger partial charge in [-0.1, -0.05) is 36.4 Å². The average Bonchev–Trinajstić information content (AvgIpc) is 3.21. The standard InChI is InChI=1S/C28H29N3O3/c1-33-23-11-3-7-20(17-23)28(21-8-4-12-24(18-21)34-2)14-13-25-26(19-28)31(15-6-16-32)30-27(25)29-22-9-5-10-22/h3-4,6-8,11-18,22H,5,9-10,19H2,1-2H3,(H,29,30). The number of aldehydes is 1. The van der Waals surface area contributed by atoms with Gasteiger partial charge in [-0.05, 0) is 60.7 Å². The molecule has 0 aliphatic heterocycles. The number of nitrogens with zero attached hydrogens (tertiary/aromatic N) is 2. The number of fused-ring (bicyclic) bond motifs is 1. The molecule has 0 saturated heterocycles. The van der Waals surface area contributed by atoms with E-state index in [1.54, 1.807) is 20.4 Å². The van der Waals surface area contributed by atoms with E-state index in [-0.39, 0.29) is 0 Å². The fourth-order valence-electron chi connectivity index (χ4n) is 4.84. The van der Waals surface area contributed by atoms with E-state index >= 15 is 0 Å². The van der Waals surface area contributed by atoms with Crippen molar-refractivity contribution in [1.29, 1.82) is 0 Å². The zero-order valence-electron chi connectivity index (χ0n) is 19.5. The number of nitrogens with one attached hydrogen (secondary N) is 1. The molecule has 0 unspecified atom stereocenters. The quantitative estimate of drug-likeness (QED) is 0.379. The third-order valence-corrected chi connectivity index (χ3v) is 6.95.